The molecule has 166 valence electrons. The summed E-state index contributed by atoms with van der Waals surface area (Å²) in [6, 6.07) is 0. The SMILES string of the molecule is [2H]C([2H])([2H])C([2H])(CCCC(C)(O)[C@H]1CC[C@H]2[C@@H]3CC=C4C[C@@H](O)CC[C@]4(C)[C@H]3CC[C@]12C)C([2H])([2H])[2H]. The minimum atomic E-state index is -2.91. The number of fused-ring (bicyclic) bond motifs is 5. The highest BCUT2D eigenvalue weighted by Crippen LogP contribution is 2.67. The lowest BCUT2D eigenvalue weighted by Crippen LogP contribution is -2.53. The van der Waals surface area contributed by atoms with Crippen LogP contribution >= 0.6 is 0 Å². The van der Waals surface area contributed by atoms with Gasteiger partial charge in [0.25, 0.3) is 0 Å². The predicted octanol–water partition coefficient (Wildman–Crippen LogP) is 6.50. The van der Waals surface area contributed by atoms with E-state index in [9.17, 15) is 10.2 Å². The summed E-state index contributed by atoms with van der Waals surface area (Å²) in [5, 5.41) is 21.9. The van der Waals surface area contributed by atoms with Crippen molar-refractivity contribution in [2.24, 2.45) is 40.4 Å². The zero-order valence-electron chi connectivity index (χ0n) is 25.6. The Bertz CT molecular complexity index is 849. The van der Waals surface area contributed by atoms with Crippen LogP contribution in [0.25, 0.3) is 0 Å². The van der Waals surface area contributed by atoms with Crippen LogP contribution in [0.3, 0.4) is 0 Å². The van der Waals surface area contributed by atoms with Crippen LogP contribution in [0.5, 0.6) is 0 Å². The van der Waals surface area contributed by atoms with Gasteiger partial charge in [-0.15, -0.1) is 0 Å². The molecule has 0 bridgehead atoms. The molecule has 8 atom stereocenters. The Morgan fingerprint density at radius 1 is 1.21 bits per heavy atom. The highest BCUT2D eigenvalue weighted by molar-refractivity contribution is 5.25. The monoisotopic (exact) mass is 409 g/mol. The molecular weight excluding hydrogens is 356 g/mol. The minimum Gasteiger partial charge on any atom is -0.393 e. The molecule has 3 fully saturated rings. The van der Waals surface area contributed by atoms with E-state index in [0.717, 1.165) is 51.4 Å². The van der Waals surface area contributed by atoms with Crippen LogP contribution in [-0.4, -0.2) is 21.9 Å². The summed E-state index contributed by atoms with van der Waals surface area (Å²) in [6.07, 6.45) is 10.4. The number of aliphatic hydroxyl groups is 2. The highest BCUT2D eigenvalue weighted by Gasteiger charge is 2.61. The Labute approximate surface area is 189 Å². The van der Waals surface area contributed by atoms with Crippen molar-refractivity contribution in [3.63, 3.8) is 0 Å². The highest BCUT2D eigenvalue weighted by atomic mass is 16.3. The van der Waals surface area contributed by atoms with E-state index in [1.807, 2.05) is 6.92 Å². The first-order valence-corrected chi connectivity index (χ1v) is 12.0. The van der Waals surface area contributed by atoms with Crippen LogP contribution in [0.2, 0.25) is 0 Å². The summed E-state index contributed by atoms with van der Waals surface area (Å²) in [6.45, 7) is 0.773. The van der Waals surface area contributed by atoms with Gasteiger partial charge in [0.05, 0.1) is 11.7 Å². The second-order valence-corrected chi connectivity index (χ2v) is 11.5. The molecule has 0 aromatic heterocycles. The van der Waals surface area contributed by atoms with Gasteiger partial charge in [-0.05, 0) is 105 Å². The maximum absolute atomic E-state index is 11.7. The molecule has 4 rings (SSSR count). The summed E-state index contributed by atoms with van der Waals surface area (Å²) in [4.78, 5) is 0. The van der Waals surface area contributed by atoms with E-state index in [4.69, 9.17) is 9.60 Å². The van der Waals surface area contributed by atoms with Gasteiger partial charge in [0, 0.05) is 9.60 Å². The lowest BCUT2D eigenvalue weighted by Gasteiger charge is -2.59. The van der Waals surface area contributed by atoms with Gasteiger partial charge in [0.15, 0.2) is 0 Å². The number of rotatable bonds is 5. The summed E-state index contributed by atoms with van der Waals surface area (Å²) >= 11 is 0. The van der Waals surface area contributed by atoms with Crippen molar-refractivity contribution < 1.29 is 19.8 Å². The Balaban J connectivity index is 1.48. The molecule has 4 aliphatic carbocycles. The fourth-order valence-corrected chi connectivity index (χ4v) is 8.46. The van der Waals surface area contributed by atoms with Crippen LogP contribution in [0.1, 0.15) is 115 Å². The summed E-state index contributed by atoms with van der Waals surface area (Å²) in [5.74, 6) is -0.724. The van der Waals surface area contributed by atoms with Gasteiger partial charge in [0.2, 0.25) is 0 Å². The predicted molar refractivity (Wildman–Crippen MR) is 121 cm³/mol. The van der Waals surface area contributed by atoms with E-state index < -0.39 is 25.2 Å². The third-order valence-corrected chi connectivity index (χ3v) is 9.94. The van der Waals surface area contributed by atoms with Gasteiger partial charge in [-0.25, -0.2) is 0 Å². The van der Waals surface area contributed by atoms with Crippen molar-refractivity contribution >= 4 is 0 Å². The molecule has 4 aliphatic rings. The topological polar surface area (TPSA) is 40.5 Å². The van der Waals surface area contributed by atoms with Crippen molar-refractivity contribution in [3.8, 4) is 0 Å². The van der Waals surface area contributed by atoms with E-state index in [1.54, 1.807) is 0 Å². The molecule has 1 unspecified atom stereocenters. The number of allylic oxidation sites excluding steroid dienone is 1. The largest absolute Gasteiger partial charge is 0.393 e. The Hall–Kier alpha value is -0.340. The zero-order valence-corrected chi connectivity index (χ0v) is 18.6. The summed E-state index contributed by atoms with van der Waals surface area (Å²) in [7, 11) is 0. The quantitative estimate of drug-likeness (QED) is 0.509. The Morgan fingerprint density at radius 2 is 2.00 bits per heavy atom. The molecule has 0 aromatic carbocycles. The molecule has 0 spiro atoms. The summed E-state index contributed by atoms with van der Waals surface area (Å²) in [5.41, 5.74) is 0.587. The molecule has 0 saturated heterocycles. The Morgan fingerprint density at radius 3 is 2.76 bits per heavy atom. The number of hydrogen-bond donors (Lipinski definition) is 2. The van der Waals surface area contributed by atoms with Crippen LogP contribution < -0.4 is 0 Å². The van der Waals surface area contributed by atoms with Crippen LogP contribution in [0, 0.1) is 40.4 Å². The fraction of sp³-hybridized carbons (Fsp3) is 0.926. The normalized spacial score (nSPS) is 51.3. The standard InChI is InChI=1S/C27H46O2/c1-18(2)7-6-14-27(5,29)24-11-10-22-21-9-8-19-17-20(28)12-15-25(19,3)23(21)13-16-26(22,24)4/h8,18,20-24,28-29H,6-7,9-17H2,1-5H3/t20-,21-,22-,23-,24-,25-,26-,27?/m0/s1/i1D3,2D3,18D. The van der Waals surface area contributed by atoms with Crippen LogP contribution in [-0.2, 0) is 0 Å². The molecule has 29 heavy (non-hydrogen) atoms. The fourth-order valence-electron chi connectivity index (χ4n) is 8.46. The van der Waals surface area contributed by atoms with Crippen molar-refractivity contribution in [2.75, 3.05) is 0 Å². The van der Waals surface area contributed by atoms with E-state index in [-0.39, 0.29) is 35.7 Å². The van der Waals surface area contributed by atoms with E-state index >= 15 is 0 Å². The second kappa shape index (κ2) is 7.66. The molecule has 0 aliphatic heterocycles. The van der Waals surface area contributed by atoms with Crippen molar-refractivity contribution in [3.05, 3.63) is 11.6 Å². The van der Waals surface area contributed by atoms with Crippen molar-refractivity contribution in [1.29, 1.82) is 0 Å². The molecular formula is C27H46O2. The molecule has 2 heteroatoms. The lowest BCUT2D eigenvalue weighted by atomic mass is 9.46. The van der Waals surface area contributed by atoms with E-state index in [0.29, 0.717) is 24.2 Å². The van der Waals surface area contributed by atoms with Gasteiger partial charge in [-0.1, -0.05) is 52.0 Å². The zero-order chi connectivity index (χ0) is 26.9. The average molecular weight is 410 g/mol. The third kappa shape index (κ3) is 3.65. The number of hydrogen-bond acceptors (Lipinski definition) is 2. The maximum Gasteiger partial charge on any atom is 0.0653 e. The molecule has 0 amide bonds. The van der Waals surface area contributed by atoms with Gasteiger partial charge in [-0.3, -0.25) is 0 Å². The van der Waals surface area contributed by atoms with Gasteiger partial charge in [-0.2, -0.15) is 0 Å². The van der Waals surface area contributed by atoms with E-state index in [1.165, 1.54) is 5.57 Å². The minimum absolute atomic E-state index is 0.00728. The average Bonchev–Trinajstić information content (AvgIpc) is 3.10. The molecule has 0 aromatic rings. The third-order valence-electron chi connectivity index (χ3n) is 9.94. The van der Waals surface area contributed by atoms with Gasteiger partial charge in [0.1, 0.15) is 0 Å². The Kier molecular flexibility index (Phi) is 3.88. The molecule has 3 saturated carbocycles. The molecule has 2 nitrogen and oxygen atoms in total. The smallest absolute Gasteiger partial charge is 0.0653 e. The lowest BCUT2D eigenvalue weighted by molar-refractivity contribution is -0.105. The summed E-state index contributed by atoms with van der Waals surface area (Å²) < 4.78 is 54.4. The molecule has 0 radical (unpaired) electrons. The van der Waals surface area contributed by atoms with Crippen molar-refractivity contribution in [2.45, 2.75) is 117 Å². The van der Waals surface area contributed by atoms with Crippen molar-refractivity contribution in [1.82, 2.24) is 0 Å². The second-order valence-electron chi connectivity index (χ2n) is 11.5. The van der Waals surface area contributed by atoms with E-state index in [2.05, 4.69) is 19.9 Å². The number of aliphatic hydroxyl groups excluding tert-OH is 1. The first-order valence-electron chi connectivity index (χ1n) is 15.5. The van der Waals surface area contributed by atoms with Crippen LogP contribution in [0.4, 0.5) is 0 Å². The first kappa shape index (κ1) is 14.7. The van der Waals surface area contributed by atoms with Gasteiger partial charge < -0.3 is 10.2 Å². The van der Waals surface area contributed by atoms with Gasteiger partial charge >= 0.3 is 0 Å². The maximum atomic E-state index is 11.7. The molecule has 0 heterocycles. The molecule has 2 N–H and O–H groups in total. The first-order chi connectivity index (χ1) is 16.4. The van der Waals surface area contributed by atoms with Crippen LogP contribution in [0.15, 0.2) is 11.6 Å².